The Kier molecular flexibility index (Phi) is 3.85. The zero-order valence-corrected chi connectivity index (χ0v) is 14.3. The normalized spacial score (nSPS) is 39.1. The SMILES string of the molecule is OC[C@H]1O[C@@H](n2cnc3c(N[C@H]4C[C@@H]5CCC4C5)ncnc32)[C@H](O)[C@@H]1O. The molecular formula is C17H23N5O4. The fraction of sp³-hybridized carbons (Fsp3) is 0.706. The number of anilines is 1. The van der Waals surface area contributed by atoms with Gasteiger partial charge in [0.2, 0.25) is 0 Å². The van der Waals surface area contributed by atoms with Crippen molar-refractivity contribution in [3.8, 4) is 0 Å². The smallest absolute Gasteiger partial charge is 0.167 e. The van der Waals surface area contributed by atoms with Crippen LogP contribution >= 0.6 is 0 Å². The summed E-state index contributed by atoms with van der Waals surface area (Å²) in [5, 5.41) is 33.1. The molecule has 3 fully saturated rings. The minimum Gasteiger partial charge on any atom is -0.394 e. The van der Waals surface area contributed by atoms with Gasteiger partial charge in [-0.25, -0.2) is 15.0 Å². The minimum atomic E-state index is -1.17. The average Bonchev–Trinajstić information content (AvgIpc) is 3.41. The van der Waals surface area contributed by atoms with Gasteiger partial charge < -0.3 is 25.4 Å². The van der Waals surface area contributed by atoms with E-state index in [-0.39, 0.29) is 6.61 Å². The van der Waals surface area contributed by atoms with Crippen molar-refractivity contribution in [2.75, 3.05) is 11.9 Å². The molecule has 2 aromatic heterocycles. The van der Waals surface area contributed by atoms with Gasteiger partial charge in [0, 0.05) is 6.04 Å². The van der Waals surface area contributed by atoms with Crippen molar-refractivity contribution in [1.82, 2.24) is 19.5 Å². The Bertz CT molecular complexity index is 814. The Morgan fingerprint density at radius 2 is 2.04 bits per heavy atom. The zero-order chi connectivity index (χ0) is 17.8. The third kappa shape index (κ3) is 2.42. The molecule has 2 saturated carbocycles. The van der Waals surface area contributed by atoms with Gasteiger partial charge in [0.15, 0.2) is 23.2 Å². The molecular weight excluding hydrogens is 338 g/mol. The highest BCUT2D eigenvalue weighted by molar-refractivity contribution is 5.82. The van der Waals surface area contributed by atoms with Gasteiger partial charge in [-0.05, 0) is 31.1 Å². The van der Waals surface area contributed by atoms with Gasteiger partial charge in [-0.2, -0.15) is 0 Å². The molecule has 2 bridgehead atoms. The number of rotatable bonds is 4. The number of nitrogens with zero attached hydrogens (tertiary/aromatic N) is 4. The number of aliphatic hydroxyl groups excluding tert-OH is 3. The second kappa shape index (κ2) is 6.12. The molecule has 9 heteroatoms. The van der Waals surface area contributed by atoms with Crippen LogP contribution in [0.1, 0.15) is 31.9 Å². The monoisotopic (exact) mass is 361 g/mol. The molecule has 0 radical (unpaired) electrons. The summed E-state index contributed by atoms with van der Waals surface area (Å²) in [6.45, 7) is -0.368. The van der Waals surface area contributed by atoms with Gasteiger partial charge in [0.25, 0.3) is 0 Å². The summed E-state index contributed by atoms with van der Waals surface area (Å²) < 4.78 is 7.18. The van der Waals surface area contributed by atoms with E-state index in [9.17, 15) is 15.3 Å². The predicted molar refractivity (Wildman–Crippen MR) is 91.2 cm³/mol. The number of aromatic nitrogens is 4. The molecule has 0 spiro atoms. The molecule has 9 nitrogen and oxygen atoms in total. The third-order valence-corrected chi connectivity index (χ3v) is 6.21. The number of hydrogen-bond donors (Lipinski definition) is 4. The maximum absolute atomic E-state index is 10.3. The van der Waals surface area contributed by atoms with Gasteiger partial charge in [-0.3, -0.25) is 4.57 Å². The minimum absolute atomic E-state index is 0.368. The Morgan fingerprint density at radius 1 is 1.15 bits per heavy atom. The molecule has 7 atom stereocenters. The van der Waals surface area contributed by atoms with Crippen molar-refractivity contribution >= 4 is 17.0 Å². The lowest BCUT2D eigenvalue weighted by Crippen LogP contribution is -2.33. The van der Waals surface area contributed by atoms with Crippen LogP contribution in [-0.2, 0) is 4.74 Å². The Balaban J connectivity index is 1.44. The number of aliphatic hydroxyl groups is 3. The van der Waals surface area contributed by atoms with E-state index in [4.69, 9.17) is 4.74 Å². The van der Waals surface area contributed by atoms with E-state index < -0.39 is 24.5 Å². The van der Waals surface area contributed by atoms with Crippen LogP contribution in [0.15, 0.2) is 12.7 Å². The molecule has 140 valence electrons. The number of imidazole rings is 1. The van der Waals surface area contributed by atoms with Gasteiger partial charge in [0.05, 0.1) is 12.9 Å². The number of hydrogen-bond acceptors (Lipinski definition) is 8. The summed E-state index contributed by atoms with van der Waals surface area (Å²) in [5.41, 5.74) is 1.15. The highest BCUT2D eigenvalue weighted by atomic mass is 16.6. The van der Waals surface area contributed by atoms with Gasteiger partial charge >= 0.3 is 0 Å². The van der Waals surface area contributed by atoms with Gasteiger partial charge in [0.1, 0.15) is 24.6 Å². The summed E-state index contributed by atoms with van der Waals surface area (Å²) in [4.78, 5) is 13.1. The van der Waals surface area contributed by atoms with Crippen molar-refractivity contribution in [2.24, 2.45) is 11.8 Å². The average molecular weight is 361 g/mol. The molecule has 2 aliphatic carbocycles. The first kappa shape index (κ1) is 16.4. The van der Waals surface area contributed by atoms with E-state index in [0.29, 0.717) is 28.9 Å². The fourth-order valence-electron chi connectivity index (χ4n) is 4.85. The van der Waals surface area contributed by atoms with Crippen LogP contribution in [0.2, 0.25) is 0 Å². The quantitative estimate of drug-likeness (QED) is 0.601. The van der Waals surface area contributed by atoms with Crippen LogP contribution < -0.4 is 5.32 Å². The number of ether oxygens (including phenoxy) is 1. The molecule has 0 aromatic carbocycles. The molecule has 1 unspecified atom stereocenters. The maximum Gasteiger partial charge on any atom is 0.167 e. The first-order valence-electron chi connectivity index (χ1n) is 9.22. The van der Waals surface area contributed by atoms with Crippen molar-refractivity contribution in [3.63, 3.8) is 0 Å². The van der Waals surface area contributed by atoms with Crippen LogP contribution in [0.4, 0.5) is 5.82 Å². The molecule has 3 aliphatic rings. The molecule has 0 amide bonds. The van der Waals surface area contributed by atoms with E-state index in [1.807, 2.05) is 0 Å². The van der Waals surface area contributed by atoms with E-state index >= 15 is 0 Å². The molecule has 1 saturated heterocycles. The van der Waals surface area contributed by atoms with Crippen LogP contribution in [0.3, 0.4) is 0 Å². The van der Waals surface area contributed by atoms with Crippen LogP contribution in [0.5, 0.6) is 0 Å². The second-order valence-corrected chi connectivity index (χ2v) is 7.70. The van der Waals surface area contributed by atoms with Crippen LogP contribution in [0.25, 0.3) is 11.2 Å². The van der Waals surface area contributed by atoms with Crippen LogP contribution in [0, 0.1) is 11.8 Å². The standard InChI is InChI=1S/C17H23N5O4/c23-5-11-13(24)14(25)17(26-11)22-7-20-12-15(18-6-19-16(12)22)21-10-4-8-1-2-9(10)3-8/h6-11,13-14,17,23-25H,1-5H2,(H,18,19,21)/t8-,9?,10+,11-,13-,14-,17-/m1/s1. The van der Waals surface area contributed by atoms with Crippen LogP contribution in [-0.4, -0.2) is 65.8 Å². The molecule has 5 rings (SSSR count). The summed E-state index contributed by atoms with van der Waals surface area (Å²) >= 11 is 0. The van der Waals surface area contributed by atoms with Crippen molar-refractivity contribution < 1.29 is 20.1 Å². The fourth-order valence-corrected chi connectivity index (χ4v) is 4.85. The lowest BCUT2D eigenvalue weighted by atomic mass is 9.95. The third-order valence-electron chi connectivity index (χ3n) is 6.21. The van der Waals surface area contributed by atoms with E-state index in [2.05, 4.69) is 20.3 Å². The summed E-state index contributed by atoms with van der Waals surface area (Å²) in [7, 11) is 0. The Labute approximate surface area is 150 Å². The number of fused-ring (bicyclic) bond motifs is 3. The zero-order valence-electron chi connectivity index (χ0n) is 14.3. The molecule has 2 aromatic rings. The molecule has 1 aliphatic heterocycles. The highest BCUT2D eigenvalue weighted by Crippen LogP contribution is 2.45. The van der Waals surface area contributed by atoms with Gasteiger partial charge in [-0.1, -0.05) is 6.42 Å². The largest absolute Gasteiger partial charge is 0.394 e. The summed E-state index contributed by atoms with van der Waals surface area (Å²) in [6.07, 6.45) is 4.07. The summed E-state index contributed by atoms with van der Waals surface area (Å²) in [5.74, 6) is 2.22. The lowest BCUT2D eigenvalue weighted by molar-refractivity contribution is -0.0511. The van der Waals surface area contributed by atoms with E-state index in [1.54, 1.807) is 4.57 Å². The van der Waals surface area contributed by atoms with Crippen molar-refractivity contribution in [1.29, 1.82) is 0 Å². The highest BCUT2D eigenvalue weighted by Gasteiger charge is 2.44. The molecule has 3 heterocycles. The molecule has 4 N–H and O–H groups in total. The van der Waals surface area contributed by atoms with E-state index in [0.717, 1.165) is 5.92 Å². The Hall–Kier alpha value is -1.81. The van der Waals surface area contributed by atoms with Gasteiger partial charge in [-0.15, -0.1) is 0 Å². The number of nitrogens with one attached hydrogen (secondary N) is 1. The Morgan fingerprint density at radius 3 is 2.73 bits per heavy atom. The van der Waals surface area contributed by atoms with E-state index in [1.165, 1.54) is 38.3 Å². The van der Waals surface area contributed by atoms with Crippen molar-refractivity contribution in [2.45, 2.75) is 56.3 Å². The topological polar surface area (TPSA) is 126 Å². The predicted octanol–water partition coefficient (Wildman–Crippen LogP) is 0.0383. The second-order valence-electron chi connectivity index (χ2n) is 7.70. The van der Waals surface area contributed by atoms with Crippen molar-refractivity contribution in [3.05, 3.63) is 12.7 Å². The lowest BCUT2D eigenvalue weighted by Gasteiger charge is -2.23. The maximum atomic E-state index is 10.3. The summed E-state index contributed by atoms with van der Waals surface area (Å²) in [6, 6.07) is 0.422. The molecule has 26 heavy (non-hydrogen) atoms. The first-order valence-corrected chi connectivity index (χ1v) is 9.22. The first-order chi connectivity index (χ1) is 12.7.